The predicted octanol–water partition coefficient (Wildman–Crippen LogP) is 1.97. The van der Waals surface area contributed by atoms with E-state index in [-0.39, 0.29) is 6.09 Å². The molecule has 3 fully saturated rings. The molecule has 2 bridgehead atoms. The second kappa shape index (κ2) is 3.36. The maximum absolute atomic E-state index is 11.9. The Bertz CT molecular complexity index is 302. The van der Waals surface area contributed by atoms with E-state index in [1.54, 1.807) is 0 Å². The summed E-state index contributed by atoms with van der Waals surface area (Å²) in [4.78, 5) is 13.4. The summed E-state index contributed by atoms with van der Waals surface area (Å²) in [5.74, 6) is 1.03. The molecule has 3 rings (SSSR count). The van der Waals surface area contributed by atoms with E-state index in [9.17, 15) is 9.90 Å². The lowest BCUT2D eigenvalue weighted by Gasteiger charge is -2.57. The molecule has 4 nitrogen and oxygen atoms in total. The molecule has 1 N–H and O–H groups in total. The third-order valence-electron chi connectivity index (χ3n) is 3.57. The Labute approximate surface area is 96.6 Å². The summed E-state index contributed by atoms with van der Waals surface area (Å²) >= 11 is 0. The molecule has 1 amide bonds. The smallest absolute Gasteiger partial charge is 0.412 e. The van der Waals surface area contributed by atoms with Gasteiger partial charge in [-0.2, -0.15) is 0 Å². The Balaban J connectivity index is 2.05. The highest BCUT2D eigenvalue weighted by Crippen LogP contribution is 2.49. The van der Waals surface area contributed by atoms with Gasteiger partial charge in [0.2, 0.25) is 0 Å². The van der Waals surface area contributed by atoms with Gasteiger partial charge in [-0.15, -0.1) is 0 Å². The molecule has 16 heavy (non-hydrogen) atoms. The Hall–Kier alpha value is -0.770. The normalized spacial score (nSPS) is 37.9. The molecule has 0 aromatic rings. The van der Waals surface area contributed by atoms with Crippen molar-refractivity contribution in [2.45, 2.75) is 51.9 Å². The molecule has 0 spiro atoms. The molecule has 3 aliphatic rings. The lowest BCUT2D eigenvalue weighted by Crippen LogP contribution is -2.67. The molecule has 1 atom stereocenters. The first-order chi connectivity index (χ1) is 7.21. The molecule has 2 heterocycles. The molecule has 4 heteroatoms. The van der Waals surface area contributed by atoms with E-state index in [2.05, 4.69) is 6.92 Å². The molecular formula is C12H21NO3. The van der Waals surface area contributed by atoms with Crippen LogP contribution < -0.4 is 0 Å². The molecule has 0 radical (unpaired) electrons. The SMILES string of the molecule is CC1CN(C(=O)OC(C)(C)C)C2(O)CC1C2. The molecule has 2 aliphatic heterocycles. The Morgan fingerprint density at radius 3 is 2.50 bits per heavy atom. The van der Waals surface area contributed by atoms with Crippen LogP contribution in [0.15, 0.2) is 0 Å². The molecule has 0 aromatic carbocycles. The van der Waals surface area contributed by atoms with Crippen molar-refractivity contribution in [1.82, 2.24) is 4.90 Å². The van der Waals surface area contributed by atoms with Gasteiger partial charge in [0.1, 0.15) is 11.3 Å². The lowest BCUT2D eigenvalue weighted by atomic mass is 9.65. The minimum Gasteiger partial charge on any atom is -0.444 e. The second-order valence-corrected chi connectivity index (χ2v) is 6.22. The fraction of sp³-hybridized carbons (Fsp3) is 0.917. The highest BCUT2D eigenvalue weighted by Gasteiger charge is 2.56. The van der Waals surface area contributed by atoms with Gasteiger partial charge >= 0.3 is 6.09 Å². The van der Waals surface area contributed by atoms with E-state index < -0.39 is 11.3 Å². The Kier molecular flexibility index (Phi) is 2.46. The van der Waals surface area contributed by atoms with E-state index in [0.29, 0.717) is 31.2 Å². The van der Waals surface area contributed by atoms with E-state index in [0.717, 1.165) is 0 Å². The molecular weight excluding hydrogens is 206 g/mol. The first kappa shape index (κ1) is 11.7. The molecule has 0 aromatic heterocycles. The Morgan fingerprint density at radius 1 is 1.44 bits per heavy atom. The van der Waals surface area contributed by atoms with Gasteiger partial charge in [0, 0.05) is 6.54 Å². The van der Waals surface area contributed by atoms with Crippen molar-refractivity contribution in [2.75, 3.05) is 6.54 Å². The van der Waals surface area contributed by atoms with Crippen molar-refractivity contribution in [3.63, 3.8) is 0 Å². The highest BCUT2D eigenvalue weighted by molar-refractivity contribution is 5.69. The second-order valence-electron chi connectivity index (χ2n) is 6.22. The zero-order valence-corrected chi connectivity index (χ0v) is 10.5. The molecule has 1 aliphatic carbocycles. The first-order valence-electron chi connectivity index (χ1n) is 5.94. The number of hydrogen-bond donors (Lipinski definition) is 1. The third-order valence-corrected chi connectivity index (χ3v) is 3.57. The van der Waals surface area contributed by atoms with Crippen LogP contribution in [0.25, 0.3) is 0 Å². The number of aliphatic hydroxyl groups is 1. The van der Waals surface area contributed by atoms with Gasteiger partial charge in [-0.3, -0.25) is 4.90 Å². The van der Waals surface area contributed by atoms with Crippen LogP contribution in [0.3, 0.4) is 0 Å². The Morgan fingerprint density at radius 2 is 2.00 bits per heavy atom. The van der Waals surface area contributed by atoms with Gasteiger partial charge in [-0.1, -0.05) is 6.92 Å². The van der Waals surface area contributed by atoms with Crippen molar-refractivity contribution in [3.8, 4) is 0 Å². The third kappa shape index (κ3) is 1.90. The minimum atomic E-state index is -0.931. The topological polar surface area (TPSA) is 49.8 Å². The van der Waals surface area contributed by atoms with Crippen LogP contribution in [0.1, 0.15) is 40.5 Å². The van der Waals surface area contributed by atoms with Crippen molar-refractivity contribution in [3.05, 3.63) is 0 Å². The van der Waals surface area contributed by atoms with Gasteiger partial charge < -0.3 is 9.84 Å². The standard InChI is InChI=1S/C12H21NO3/c1-8-7-13(10(14)16-11(2,3)4)12(15)5-9(8)6-12/h8-9,15H,5-7H2,1-4H3. The number of rotatable bonds is 0. The largest absolute Gasteiger partial charge is 0.444 e. The fourth-order valence-corrected chi connectivity index (χ4v) is 2.57. The number of carbonyl (C=O) groups excluding carboxylic acids is 1. The summed E-state index contributed by atoms with van der Waals surface area (Å²) in [5.41, 5.74) is -1.43. The summed E-state index contributed by atoms with van der Waals surface area (Å²) in [6.45, 7) is 8.25. The average Bonchev–Trinajstić information content (AvgIpc) is 2.03. The van der Waals surface area contributed by atoms with E-state index in [1.165, 1.54) is 4.90 Å². The van der Waals surface area contributed by atoms with Gasteiger partial charge in [0.25, 0.3) is 0 Å². The monoisotopic (exact) mass is 227 g/mol. The summed E-state index contributed by atoms with van der Waals surface area (Å²) in [5, 5.41) is 10.2. The molecule has 2 saturated heterocycles. The van der Waals surface area contributed by atoms with Crippen molar-refractivity contribution in [1.29, 1.82) is 0 Å². The van der Waals surface area contributed by atoms with E-state index >= 15 is 0 Å². The van der Waals surface area contributed by atoms with Crippen LogP contribution >= 0.6 is 0 Å². The lowest BCUT2D eigenvalue weighted by molar-refractivity contribution is -0.224. The van der Waals surface area contributed by atoms with E-state index in [4.69, 9.17) is 4.74 Å². The first-order valence-corrected chi connectivity index (χ1v) is 5.94. The van der Waals surface area contributed by atoms with Crippen LogP contribution in [0.5, 0.6) is 0 Å². The summed E-state index contributed by atoms with van der Waals surface area (Å²) in [6.07, 6.45) is 1.01. The number of piperidine rings is 2. The number of amides is 1. The molecule has 1 unspecified atom stereocenters. The van der Waals surface area contributed by atoms with E-state index in [1.807, 2.05) is 20.8 Å². The summed E-state index contributed by atoms with van der Waals surface area (Å²) in [7, 11) is 0. The minimum absolute atomic E-state index is 0.389. The van der Waals surface area contributed by atoms with Crippen LogP contribution in [-0.2, 0) is 4.74 Å². The van der Waals surface area contributed by atoms with Crippen molar-refractivity contribution in [2.24, 2.45) is 11.8 Å². The van der Waals surface area contributed by atoms with Gasteiger partial charge in [0.15, 0.2) is 0 Å². The van der Waals surface area contributed by atoms with Crippen LogP contribution in [0.2, 0.25) is 0 Å². The zero-order chi connectivity index (χ0) is 12.1. The zero-order valence-electron chi connectivity index (χ0n) is 10.5. The predicted molar refractivity (Wildman–Crippen MR) is 59.8 cm³/mol. The number of carbonyl (C=O) groups is 1. The van der Waals surface area contributed by atoms with Crippen LogP contribution in [0, 0.1) is 11.8 Å². The van der Waals surface area contributed by atoms with Gasteiger partial charge in [-0.05, 0) is 45.4 Å². The van der Waals surface area contributed by atoms with Crippen molar-refractivity contribution >= 4 is 6.09 Å². The van der Waals surface area contributed by atoms with Crippen LogP contribution in [0.4, 0.5) is 4.79 Å². The maximum Gasteiger partial charge on any atom is 0.412 e. The molecule has 92 valence electrons. The highest BCUT2D eigenvalue weighted by atomic mass is 16.6. The fourth-order valence-electron chi connectivity index (χ4n) is 2.57. The van der Waals surface area contributed by atoms with Gasteiger partial charge in [-0.25, -0.2) is 4.79 Å². The number of hydrogen-bond acceptors (Lipinski definition) is 3. The summed E-state index contributed by atoms with van der Waals surface area (Å²) < 4.78 is 5.31. The quantitative estimate of drug-likeness (QED) is 0.688. The average molecular weight is 227 g/mol. The maximum atomic E-state index is 11.9. The van der Waals surface area contributed by atoms with Crippen molar-refractivity contribution < 1.29 is 14.6 Å². The number of fused-ring (bicyclic) bond motifs is 2. The van der Waals surface area contributed by atoms with Gasteiger partial charge in [0.05, 0.1) is 0 Å². The van der Waals surface area contributed by atoms with Crippen LogP contribution in [-0.4, -0.2) is 34.0 Å². The molecule has 1 saturated carbocycles. The number of nitrogens with zero attached hydrogens (tertiary/aromatic N) is 1. The number of ether oxygens (including phenoxy) is 1. The summed E-state index contributed by atoms with van der Waals surface area (Å²) in [6, 6.07) is 0.